The largest absolute Gasteiger partial charge is 0.497 e. The molecule has 0 N–H and O–H groups in total. The number of methoxy groups -OCH3 is 2. The Hall–Kier alpha value is -2.73. The average Bonchev–Trinajstić information content (AvgIpc) is 2.96. The molecule has 1 fully saturated rings. The lowest BCUT2D eigenvalue weighted by atomic mass is 10.1. The Kier molecular flexibility index (Phi) is 5.86. The molecular formula is C21H22N2O3S. The van der Waals surface area contributed by atoms with Crippen LogP contribution in [0, 0.1) is 6.92 Å². The molecule has 0 atom stereocenters. The van der Waals surface area contributed by atoms with Crippen LogP contribution in [0.5, 0.6) is 11.5 Å². The lowest BCUT2D eigenvalue weighted by Crippen LogP contribution is -2.28. The number of amides is 1. The van der Waals surface area contributed by atoms with Crippen LogP contribution in [-0.4, -0.2) is 36.7 Å². The molecule has 0 unspecified atom stereocenters. The van der Waals surface area contributed by atoms with E-state index in [2.05, 4.69) is 4.99 Å². The van der Waals surface area contributed by atoms with Crippen LogP contribution >= 0.6 is 11.8 Å². The third kappa shape index (κ3) is 4.17. The first kappa shape index (κ1) is 19.0. The van der Waals surface area contributed by atoms with Crippen LogP contribution in [0.25, 0.3) is 6.08 Å². The molecule has 140 valence electrons. The molecule has 2 aromatic carbocycles. The number of aryl methyl sites for hydroxylation is 1. The van der Waals surface area contributed by atoms with Crippen LogP contribution in [0.15, 0.2) is 52.4 Å². The fourth-order valence-corrected chi connectivity index (χ4v) is 3.84. The first-order valence-corrected chi connectivity index (χ1v) is 9.46. The van der Waals surface area contributed by atoms with Gasteiger partial charge in [0, 0.05) is 6.54 Å². The zero-order valence-electron chi connectivity index (χ0n) is 15.9. The second-order valence-electron chi connectivity index (χ2n) is 5.98. The van der Waals surface area contributed by atoms with Gasteiger partial charge in [0.05, 0.1) is 24.8 Å². The van der Waals surface area contributed by atoms with E-state index < -0.39 is 0 Å². The molecule has 0 bridgehead atoms. The third-order valence-corrected chi connectivity index (χ3v) is 5.22. The second kappa shape index (κ2) is 8.31. The fraction of sp³-hybridized carbons (Fsp3) is 0.238. The van der Waals surface area contributed by atoms with Gasteiger partial charge in [0.2, 0.25) is 0 Å². The third-order valence-electron chi connectivity index (χ3n) is 4.22. The zero-order valence-corrected chi connectivity index (χ0v) is 16.7. The molecule has 0 saturated carbocycles. The molecule has 27 heavy (non-hydrogen) atoms. The number of likely N-dealkylation sites (N-methyl/N-ethyl adjacent to an activating group) is 1. The van der Waals surface area contributed by atoms with E-state index in [1.54, 1.807) is 19.1 Å². The summed E-state index contributed by atoms with van der Waals surface area (Å²) in [6, 6.07) is 13.3. The van der Waals surface area contributed by atoms with Crippen molar-refractivity contribution in [1.29, 1.82) is 0 Å². The standard InChI is InChI=1S/C21H22N2O3S/c1-5-23-20(24)19(13-15-6-11-18(26-4)14(2)12-15)27-21(23)22-16-7-9-17(25-3)10-8-16/h6-13H,5H2,1-4H3/b19-13+,22-21?. The molecule has 0 aromatic heterocycles. The van der Waals surface area contributed by atoms with Crippen molar-refractivity contribution in [3.8, 4) is 11.5 Å². The van der Waals surface area contributed by atoms with Crippen molar-refractivity contribution in [3.05, 3.63) is 58.5 Å². The van der Waals surface area contributed by atoms with Gasteiger partial charge in [-0.2, -0.15) is 0 Å². The minimum Gasteiger partial charge on any atom is -0.497 e. The summed E-state index contributed by atoms with van der Waals surface area (Å²) < 4.78 is 10.5. The van der Waals surface area contributed by atoms with Crippen LogP contribution in [-0.2, 0) is 4.79 Å². The zero-order chi connectivity index (χ0) is 19.4. The molecular weight excluding hydrogens is 360 g/mol. The van der Waals surface area contributed by atoms with Gasteiger partial charge in [0.15, 0.2) is 5.17 Å². The lowest BCUT2D eigenvalue weighted by molar-refractivity contribution is -0.122. The molecule has 0 aliphatic carbocycles. The quantitative estimate of drug-likeness (QED) is 0.707. The maximum absolute atomic E-state index is 12.8. The number of thioether (sulfide) groups is 1. The first-order chi connectivity index (χ1) is 13.0. The van der Waals surface area contributed by atoms with Gasteiger partial charge in [-0.05, 0) is 79.2 Å². The summed E-state index contributed by atoms with van der Waals surface area (Å²) in [7, 11) is 3.28. The van der Waals surface area contributed by atoms with Crippen molar-refractivity contribution in [3.63, 3.8) is 0 Å². The van der Waals surface area contributed by atoms with Gasteiger partial charge in [-0.1, -0.05) is 6.07 Å². The Morgan fingerprint density at radius 2 is 1.85 bits per heavy atom. The number of ether oxygens (including phenoxy) is 2. The van der Waals surface area contributed by atoms with Crippen LogP contribution < -0.4 is 9.47 Å². The normalized spacial score (nSPS) is 17.0. The topological polar surface area (TPSA) is 51.1 Å². The van der Waals surface area contributed by atoms with Gasteiger partial charge in [-0.3, -0.25) is 9.69 Å². The highest BCUT2D eigenvalue weighted by molar-refractivity contribution is 8.18. The molecule has 1 aliphatic rings. The number of nitrogens with zero attached hydrogens (tertiary/aromatic N) is 2. The molecule has 1 saturated heterocycles. The summed E-state index contributed by atoms with van der Waals surface area (Å²) in [6.45, 7) is 4.50. The predicted octanol–water partition coefficient (Wildman–Crippen LogP) is 4.64. The fourth-order valence-electron chi connectivity index (χ4n) is 2.78. The van der Waals surface area contributed by atoms with Gasteiger partial charge in [-0.25, -0.2) is 4.99 Å². The number of hydrogen-bond donors (Lipinski definition) is 0. The van der Waals surface area contributed by atoms with E-state index in [-0.39, 0.29) is 5.91 Å². The minimum atomic E-state index is -0.0248. The molecule has 1 aliphatic heterocycles. The first-order valence-electron chi connectivity index (χ1n) is 8.64. The Morgan fingerprint density at radius 1 is 1.11 bits per heavy atom. The SMILES string of the molecule is CCN1C(=O)/C(=C\c2ccc(OC)c(C)c2)SC1=Nc1ccc(OC)cc1. The van der Waals surface area contributed by atoms with Crippen molar-refractivity contribution in [2.75, 3.05) is 20.8 Å². The lowest BCUT2D eigenvalue weighted by Gasteiger charge is -2.12. The van der Waals surface area contributed by atoms with Gasteiger partial charge < -0.3 is 9.47 Å². The number of rotatable bonds is 5. The molecule has 3 rings (SSSR count). The highest BCUT2D eigenvalue weighted by atomic mass is 32.2. The number of benzene rings is 2. The molecule has 5 nitrogen and oxygen atoms in total. The summed E-state index contributed by atoms with van der Waals surface area (Å²) in [4.78, 5) is 19.8. The second-order valence-corrected chi connectivity index (χ2v) is 6.99. The van der Waals surface area contributed by atoms with Gasteiger partial charge >= 0.3 is 0 Å². The summed E-state index contributed by atoms with van der Waals surface area (Å²) >= 11 is 1.39. The molecule has 1 heterocycles. The molecule has 0 radical (unpaired) electrons. The van der Waals surface area contributed by atoms with E-state index in [0.29, 0.717) is 16.6 Å². The Labute approximate surface area is 163 Å². The van der Waals surface area contributed by atoms with Gasteiger partial charge in [-0.15, -0.1) is 0 Å². The number of aliphatic imine (C=N–C) groups is 1. The van der Waals surface area contributed by atoms with Crippen LogP contribution in [0.4, 0.5) is 5.69 Å². The molecule has 6 heteroatoms. The number of carbonyl (C=O) groups is 1. The Balaban J connectivity index is 1.89. The molecule has 0 spiro atoms. The highest BCUT2D eigenvalue weighted by Crippen LogP contribution is 2.34. The van der Waals surface area contributed by atoms with Crippen molar-refractivity contribution >= 4 is 34.6 Å². The number of amidine groups is 1. The van der Waals surface area contributed by atoms with Crippen LogP contribution in [0.2, 0.25) is 0 Å². The summed E-state index contributed by atoms with van der Waals surface area (Å²) in [5.41, 5.74) is 2.78. The van der Waals surface area contributed by atoms with E-state index in [9.17, 15) is 4.79 Å². The molecule has 1 amide bonds. The van der Waals surface area contributed by atoms with E-state index in [1.165, 1.54) is 11.8 Å². The van der Waals surface area contributed by atoms with E-state index in [1.807, 2.05) is 62.4 Å². The van der Waals surface area contributed by atoms with Crippen molar-refractivity contribution in [2.45, 2.75) is 13.8 Å². The number of carbonyl (C=O) groups excluding carboxylic acids is 1. The van der Waals surface area contributed by atoms with Crippen molar-refractivity contribution < 1.29 is 14.3 Å². The maximum Gasteiger partial charge on any atom is 0.266 e. The minimum absolute atomic E-state index is 0.0248. The van der Waals surface area contributed by atoms with Gasteiger partial charge in [0.1, 0.15) is 11.5 Å². The van der Waals surface area contributed by atoms with E-state index in [4.69, 9.17) is 9.47 Å². The molecule has 2 aromatic rings. The van der Waals surface area contributed by atoms with E-state index >= 15 is 0 Å². The average molecular weight is 382 g/mol. The van der Waals surface area contributed by atoms with Crippen LogP contribution in [0.1, 0.15) is 18.1 Å². The summed E-state index contributed by atoms with van der Waals surface area (Å²) in [5, 5.41) is 0.684. The smallest absolute Gasteiger partial charge is 0.266 e. The monoisotopic (exact) mass is 382 g/mol. The van der Waals surface area contributed by atoms with Crippen molar-refractivity contribution in [1.82, 2.24) is 4.90 Å². The van der Waals surface area contributed by atoms with Crippen LogP contribution in [0.3, 0.4) is 0 Å². The highest BCUT2D eigenvalue weighted by Gasteiger charge is 2.32. The predicted molar refractivity (Wildman–Crippen MR) is 111 cm³/mol. The van der Waals surface area contributed by atoms with Crippen molar-refractivity contribution in [2.24, 2.45) is 4.99 Å². The van der Waals surface area contributed by atoms with Gasteiger partial charge in [0.25, 0.3) is 5.91 Å². The number of hydrogen-bond acceptors (Lipinski definition) is 5. The summed E-state index contributed by atoms with van der Waals surface area (Å²) in [5.74, 6) is 1.58. The Morgan fingerprint density at radius 3 is 2.44 bits per heavy atom. The Bertz CT molecular complexity index is 904. The summed E-state index contributed by atoms with van der Waals surface area (Å²) in [6.07, 6.45) is 1.90. The maximum atomic E-state index is 12.8. The van der Waals surface area contributed by atoms with E-state index in [0.717, 1.165) is 28.3 Å².